The SMILES string of the molecule is CCC(C(=O)NCC(C)C)N(Cc1ccc(C)cc1)C(=O)CCCN(c1cccc(C)c1C)S(C)(=O)=O. The molecule has 2 aromatic carbocycles. The first-order valence-electron chi connectivity index (χ1n) is 13.0. The van der Waals surface area contributed by atoms with Crippen molar-refractivity contribution >= 4 is 27.5 Å². The van der Waals surface area contributed by atoms with E-state index in [0.717, 1.165) is 22.3 Å². The molecule has 7 nitrogen and oxygen atoms in total. The third-order valence-corrected chi connectivity index (χ3v) is 7.72. The van der Waals surface area contributed by atoms with E-state index >= 15 is 0 Å². The molecule has 0 saturated heterocycles. The van der Waals surface area contributed by atoms with Gasteiger partial charge >= 0.3 is 0 Å². The molecule has 1 atom stereocenters. The number of anilines is 1. The summed E-state index contributed by atoms with van der Waals surface area (Å²) in [7, 11) is -3.53. The number of hydrogen-bond acceptors (Lipinski definition) is 4. The van der Waals surface area contributed by atoms with Crippen LogP contribution in [0, 0.1) is 26.7 Å². The van der Waals surface area contributed by atoms with Gasteiger partial charge < -0.3 is 10.2 Å². The number of carbonyl (C=O) groups excluding carboxylic acids is 2. The van der Waals surface area contributed by atoms with Gasteiger partial charge in [-0.15, -0.1) is 0 Å². The molecule has 37 heavy (non-hydrogen) atoms. The smallest absolute Gasteiger partial charge is 0.242 e. The fourth-order valence-corrected chi connectivity index (χ4v) is 5.24. The van der Waals surface area contributed by atoms with Crippen LogP contribution in [0.1, 0.15) is 62.3 Å². The van der Waals surface area contributed by atoms with Crippen LogP contribution >= 0.6 is 0 Å². The van der Waals surface area contributed by atoms with Crippen LogP contribution in [-0.2, 0) is 26.2 Å². The van der Waals surface area contributed by atoms with E-state index in [4.69, 9.17) is 0 Å². The lowest BCUT2D eigenvalue weighted by Crippen LogP contribution is -2.49. The molecule has 1 unspecified atom stereocenters. The Morgan fingerprint density at radius 3 is 2.22 bits per heavy atom. The summed E-state index contributed by atoms with van der Waals surface area (Å²) in [5.41, 5.74) is 4.60. The van der Waals surface area contributed by atoms with Gasteiger partial charge in [0.1, 0.15) is 6.04 Å². The maximum atomic E-state index is 13.5. The highest BCUT2D eigenvalue weighted by Crippen LogP contribution is 2.25. The highest BCUT2D eigenvalue weighted by atomic mass is 32.2. The molecular weight excluding hydrogens is 486 g/mol. The van der Waals surface area contributed by atoms with E-state index in [0.29, 0.717) is 37.5 Å². The summed E-state index contributed by atoms with van der Waals surface area (Å²) in [6, 6.07) is 12.9. The first kappa shape index (κ1) is 30.4. The standard InChI is InChI=1S/C29H43N3O4S/c1-8-26(29(34)30-19-21(2)3)31(20-25-16-14-22(4)15-17-25)28(33)13-10-18-32(37(7,35)36)27-12-9-11-23(5)24(27)6/h9,11-12,14-17,21,26H,8,10,13,18-20H2,1-7H3,(H,30,34). The van der Waals surface area contributed by atoms with Crippen LogP contribution < -0.4 is 9.62 Å². The molecule has 0 aromatic heterocycles. The molecule has 0 radical (unpaired) electrons. The lowest BCUT2D eigenvalue weighted by atomic mass is 10.1. The zero-order valence-electron chi connectivity index (χ0n) is 23.4. The first-order valence-corrected chi connectivity index (χ1v) is 14.9. The number of hydrogen-bond donors (Lipinski definition) is 1. The minimum atomic E-state index is -3.53. The molecule has 204 valence electrons. The monoisotopic (exact) mass is 529 g/mol. The topological polar surface area (TPSA) is 86.8 Å². The number of carbonyl (C=O) groups is 2. The summed E-state index contributed by atoms with van der Waals surface area (Å²) >= 11 is 0. The Balaban J connectivity index is 2.24. The van der Waals surface area contributed by atoms with Gasteiger partial charge in [-0.3, -0.25) is 13.9 Å². The second-order valence-electron chi connectivity index (χ2n) is 10.2. The molecule has 2 amide bonds. The van der Waals surface area contributed by atoms with Crippen molar-refractivity contribution in [3.8, 4) is 0 Å². The summed E-state index contributed by atoms with van der Waals surface area (Å²) in [5.74, 6) is -0.0268. The lowest BCUT2D eigenvalue weighted by Gasteiger charge is -2.31. The summed E-state index contributed by atoms with van der Waals surface area (Å²) in [6.45, 7) is 12.9. The number of rotatable bonds is 13. The van der Waals surface area contributed by atoms with E-state index in [1.807, 2.05) is 77.9 Å². The van der Waals surface area contributed by atoms with Crippen molar-refractivity contribution in [1.29, 1.82) is 0 Å². The Labute approximate surface area is 223 Å². The van der Waals surface area contributed by atoms with Crippen molar-refractivity contribution in [3.05, 3.63) is 64.7 Å². The molecule has 0 aliphatic carbocycles. The molecule has 8 heteroatoms. The van der Waals surface area contributed by atoms with Crippen LogP contribution in [0.25, 0.3) is 0 Å². The molecule has 0 fully saturated rings. The van der Waals surface area contributed by atoms with Crippen LogP contribution in [-0.4, -0.2) is 50.5 Å². The van der Waals surface area contributed by atoms with E-state index in [2.05, 4.69) is 5.32 Å². The van der Waals surface area contributed by atoms with E-state index in [-0.39, 0.29) is 24.8 Å². The fourth-order valence-electron chi connectivity index (χ4n) is 4.22. The van der Waals surface area contributed by atoms with E-state index < -0.39 is 16.1 Å². The molecule has 0 bridgehead atoms. The zero-order valence-corrected chi connectivity index (χ0v) is 24.2. The third-order valence-electron chi connectivity index (χ3n) is 6.54. The van der Waals surface area contributed by atoms with Crippen LogP contribution in [0.5, 0.6) is 0 Å². The van der Waals surface area contributed by atoms with Gasteiger partial charge in [-0.2, -0.15) is 0 Å². The van der Waals surface area contributed by atoms with Crippen LogP contribution in [0.3, 0.4) is 0 Å². The quantitative estimate of drug-likeness (QED) is 0.406. The van der Waals surface area contributed by atoms with Gasteiger partial charge in [0.15, 0.2) is 0 Å². The van der Waals surface area contributed by atoms with E-state index in [1.54, 1.807) is 11.0 Å². The average molecular weight is 530 g/mol. The normalized spacial score (nSPS) is 12.3. The molecule has 0 saturated carbocycles. The second-order valence-corrected chi connectivity index (χ2v) is 12.1. The minimum Gasteiger partial charge on any atom is -0.354 e. The van der Waals surface area contributed by atoms with Crippen molar-refractivity contribution < 1.29 is 18.0 Å². The minimum absolute atomic E-state index is 0.136. The van der Waals surface area contributed by atoms with Gasteiger partial charge in [0.25, 0.3) is 0 Å². The molecule has 2 aromatic rings. The molecule has 0 heterocycles. The Hall–Kier alpha value is -2.87. The zero-order chi connectivity index (χ0) is 27.8. The largest absolute Gasteiger partial charge is 0.354 e. The maximum absolute atomic E-state index is 13.5. The van der Waals surface area contributed by atoms with Crippen molar-refractivity contribution in [2.45, 2.75) is 73.4 Å². The van der Waals surface area contributed by atoms with Crippen LogP contribution in [0.2, 0.25) is 0 Å². The molecule has 0 aliphatic rings. The van der Waals surface area contributed by atoms with Crippen molar-refractivity contribution in [3.63, 3.8) is 0 Å². The predicted octanol–water partition coefficient (Wildman–Crippen LogP) is 4.74. The van der Waals surface area contributed by atoms with Gasteiger partial charge in [0.05, 0.1) is 11.9 Å². The Morgan fingerprint density at radius 1 is 1.00 bits per heavy atom. The Morgan fingerprint density at radius 2 is 1.65 bits per heavy atom. The van der Waals surface area contributed by atoms with Crippen LogP contribution in [0.4, 0.5) is 5.69 Å². The molecular formula is C29H43N3O4S. The van der Waals surface area contributed by atoms with Crippen molar-refractivity contribution in [2.24, 2.45) is 5.92 Å². The number of amides is 2. The second kappa shape index (κ2) is 13.6. The average Bonchev–Trinajstić information content (AvgIpc) is 2.82. The lowest BCUT2D eigenvalue weighted by molar-refractivity contribution is -0.141. The Kier molecular flexibility index (Phi) is 11.2. The number of sulfonamides is 1. The number of aryl methyl sites for hydroxylation is 2. The molecule has 2 rings (SSSR count). The first-order chi connectivity index (χ1) is 17.3. The summed E-state index contributed by atoms with van der Waals surface area (Å²) in [4.78, 5) is 28.2. The van der Waals surface area contributed by atoms with Gasteiger partial charge in [0.2, 0.25) is 21.8 Å². The molecule has 0 spiro atoms. The van der Waals surface area contributed by atoms with Gasteiger partial charge in [-0.25, -0.2) is 8.42 Å². The summed E-state index contributed by atoms with van der Waals surface area (Å²) in [5, 5.41) is 2.97. The number of nitrogens with zero attached hydrogens (tertiary/aromatic N) is 2. The highest BCUT2D eigenvalue weighted by molar-refractivity contribution is 7.92. The van der Waals surface area contributed by atoms with Gasteiger partial charge in [-0.05, 0) is 62.3 Å². The number of benzene rings is 2. The van der Waals surface area contributed by atoms with Crippen molar-refractivity contribution in [1.82, 2.24) is 10.2 Å². The van der Waals surface area contributed by atoms with E-state index in [9.17, 15) is 18.0 Å². The number of nitrogens with one attached hydrogen (secondary N) is 1. The highest BCUT2D eigenvalue weighted by Gasteiger charge is 2.29. The fraction of sp³-hybridized carbons (Fsp3) is 0.517. The van der Waals surface area contributed by atoms with Gasteiger partial charge in [-0.1, -0.05) is 62.7 Å². The summed E-state index contributed by atoms with van der Waals surface area (Å²) < 4.78 is 26.6. The third kappa shape index (κ3) is 8.88. The predicted molar refractivity (Wildman–Crippen MR) is 151 cm³/mol. The summed E-state index contributed by atoms with van der Waals surface area (Å²) in [6.07, 6.45) is 2.15. The van der Waals surface area contributed by atoms with E-state index in [1.165, 1.54) is 10.6 Å². The van der Waals surface area contributed by atoms with Crippen LogP contribution in [0.15, 0.2) is 42.5 Å². The Bertz CT molecular complexity index is 1160. The maximum Gasteiger partial charge on any atom is 0.242 e. The van der Waals surface area contributed by atoms with Crippen molar-refractivity contribution in [2.75, 3.05) is 23.7 Å². The molecule has 0 aliphatic heterocycles. The molecule has 1 N–H and O–H groups in total. The van der Waals surface area contributed by atoms with Gasteiger partial charge in [0, 0.05) is 26.1 Å².